The number of carbonyl (C=O) groups is 1. The van der Waals surface area contributed by atoms with Gasteiger partial charge in [-0.05, 0) is 24.3 Å². The van der Waals surface area contributed by atoms with Crippen molar-refractivity contribution in [2.45, 2.75) is 11.8 Å². The fraction of sp³-hybridized carbons (Fsp3) is 0.125. The third kappa shape index (κ3) is 8.09. The van der Waals surface area contributed by atoms with Crippen molar-refractivity contribution in [2.24, 2.45) is 0 Å². The molecule has 0 spiro atoms. The molecule has 0 unspecified atom stereocenters. The summed E-state index contributed by atoms with van der Waals surface area (Å²) in [4.78, 5) is 9.38. The summed E-state index contributed by atoms with van der Waals surface area (Å²) in [6, 6.07) is 5.29. The molecule has 0 fully saturated rings. The Morgan fingerprint density at radius 2 is 1.67 bits per heavy atom. The van der Waals surface area contributed by atoms with E-state index in [2.05, 4.69) is 0 Å². The molecule has 1 aromatic carbocycles. The van der Waals surface area contributed by atoms with E-state index in [9.17, 15) is 13.2 Å². The molecule has 0 heterocycles. The molecule has 0 atom stereocenters. The van der Waals surface area contributed by atoms with Gasteiger partial charge in [0.1, 0.15) is 0 Å². The Morgan fingerprint density at radius 1 is 1.33 bits per heavy atom. The van der Waals surface area contributed by atoms with Crippen molar-refractivity contribution in [1.82, 2.24) is 0 Å². The molecule has 0 saturated heterocycles. The molecular weight excluding hydrogens is 245 g/mol. The second-order valence-electron chi connectivity index (χ2n) is 2.95. The molecule has 0 aliphatic heterocycles. The second kappa shape index (κ2) is 6.74. The number of rotatable bonds is 1. The van der Waals surface area contributed by atoms with E-state index >= 15 is 0 Å². The third-order valence-corrected chi connectivity index (χ3v) is 2.05. The number of nitrogen functional groups attached to an aromatic ring is 1. The standard InChI is InChI=1S/C6H7NO3S.C2H3O.K/c7-5-1-3-6(4-2-5)11(8,9)10;1-2-3;/h1-4H,7H2,(H,8,9,10);1H3;. The fourth-order valence-electron chi connectivity index (χ4n) is 0.640. The smallest absolute Gasteiger partial charge is 0.294 e. The molecule has 1 aromatic rings. The molecule has 78 valence electrons. The summed E-state index contributed by atoms with van der Waals surface area (Å²) in [5.41, 5.74) is 5.75. The fourth-order valence-corrected chi connectivity index (χ4v) is 1.12. The molecule has 0 radical (unpaired) electrons. The van der Waals surface area contributed by atoms with Crippen molar-refractivity contribution in [3.05, 3.63) is 24.3 Å². The van der Waals surface area contributed by atoms with E-state index in [0.717, 1.165) is 0 Å². The third-order valence-electron chi connectivity index (χ3n) is 1.18. The van der Waals surface area contributed by atoms with Crippen LogP contribution in [-0.4, -0.2) is 61.8 Å². The van der Waals surface area contributed by atoms with Gasteiger partial charge in [-0.15, -0.1) is 0 Å². The molecule has 3 N–H and O–H groups in total. The van der Waals surface area contributed by atoms with E-state index in [1.165, 1.54) is 24.3 Å². The van der Waals surface area contributed by atoms with Crippen molar-refractivity contribution in [3.8, 4) is 0 Å². The Morgan fingerprint density at radius 3 is 1.93 bits per heavy atom. The van der Waals surface area contributed by atoms with E-state index in [0.29, 0.717) is 54.5 Å². The first kappa shape index (κ1) is 15.2. The largest absolute Gasteiger partial charge is 0.399 e. The maximum absolute atomic E-state index is 10.5. The van der Waals surface area contributed by atoms with Crippen LogP contribution in [0.5, 0.6) is 0 Å². The Balaban J connectivity index is 0.000000423. The molecule has 0 aromatic heterocycles. The number of hydrogen-bond acceptors (Lipinski definition) is 4. The van der Waals surface area contributed by atoms with Crippen LogP contribution in [-0.2, 0) is 14.9 Å². The van der Waals surface area contributed by atoms with Crippen LogP contribution in [0.2, 0.25) is 0 Å². The van der Waals surface area contributed by atoms with Crippen molar-refractivity contribution >= 4 is 64.6 Å². The van der Waals surface area contributed by atoms with Crippen molar-refractivity contribution < 1.29 is 17.8 Å². The van der Waals surface area contributed by atoms with Crippen LogP contribution < -0.4 is 5.73 Å². The van der Waals surface area contributed by atoms with Crippen LogP contribution in [0, 0.1) is 0 Å². The van der Waals surface area contributed by atoms with Gasteiger partial charge in [0.05, 0.1) is 4.90 Å². The van der Waals surface area contributed by atoms with Crippen molar-refractivity contribution in [1.29, 1.82) is 0 Å². The first-order valence-corrected chi connectivity index (χ1v) is 7.04. The van der Waals surface area contributed by atoms with Gasteiger partial charge in [-0.25, -0.2) is 0 Å². The quantitative estimate of drug-likeness (QED) is 0.425. The first-order chi connectivity index (χ1) is 6.73. The SMILES string of the molecule is C[C](=O)[K].Nc1ccc(S(=O)(=O)O)cc1. The van der Waals surface area contributed by atoms with Crippen molar-refractivity contribution in [2.75, 3.05) is 5.73 Å². The van der Waals surface area contributed by atoms with Gasteiger partial charge < -0.3 is 5.73 Å². The van der Waals surface area contributed by atoms with Crippen LogP contribution >= 0.6 is 0 Å². The number of benzene rings is 1. The van der Waals surface area contributed by atoms with Gasteiger partial charge >= 0.3 is 60.5 Å². The average Bonchev–Trinajstić information content (AvgIpc) is 2.01. The summed E-state index contributed by atoms with van der Waals surface area (Å²) in [7, 11) is -4.08. The van der Waals surface area contributed by atoms with Gasteiger partial charge in [0.15, 0.2) is 0 Å². The zero-order valence-corrected chi connectivity index (χ0v) is 12.4. The molecule has 15 heavy (non-hydrogen) atoms. The van der Waals surface area contributed by atoms with Crippen LogP contribution in [0.15, 0.2) is 29.2 Å². The number of carbonyl (C=O) groups excluding carboxylic acids is 1. The summed E-state index contributed by atoms with van der Waals surface area (Å²) in [5, 5.41) is 0. The molecule has 5 nitrogen and oxygen atoms in total. The molecule has 0 saturated carbocycles. The van der Waals surface area contributed by atoms with Gasteiger partial charge in [-0.1, -0.05) is 0 Å². The van der Waals surface area contributed by atoms with E-state index < -0.39 is 10.1 Å². The van der Waals surface area contributed by atoms with Crippen LogP contribution in [0.4, 0.5) is 5.69 Å². The minimum absolute atomic E-state index is 0.147. The molecular formula is C8H10KNO4S. The zero-order valence-electron chi connectivity index (χ0n) is 8.47. The van der Waals surface area contributed by atoms with Gasteiger partial charge in [-0.3, -0.25) is 4.55 Å². The minimum Gasteiger partial charge on any atom is -0.399 e. The van der Waals surface area contributed by atoms with E-state index in [1.54, 1.807) is 6.92 Å². The van der Waals surface area contributed by atoms with Crippen LogP contribution in [0.3, 0.4) is 0 Å². The van der Waals surface area contributed by atoms with Gasteiger partial charge in [-0.2, -0.15) is 8.42 Å². The summed E-state index contributed by atoms with van der Waals surface area (Å²) in [6.45, 7) is 1.61. The first-order valence-electron chi connectivity index (χ1n) is 4.03. The molecule has 7 heteroatoms. The maximum atomic E-state index is 10.5. The predicted octanol–water partition coefficient (Wildman–Crippen LogP) is 0.217. The Hall–Kier alpha value is 0.236. The summed E-state index contributed by atoms with van der Waals surface area (Å²) < 4.78 is 29.8. The van der Waals surface area contributed by atoms with E-state index in [1.807, 2.05) is 0 Å². The molecule has 1 rings (SSSR count). The normalized spacial score (nSPS) is 10.1. The zero-order chi connectivity index (χ0) is 12.1. The Kier molecular flexibility index (Phi) is 6.85. The Labute approximate surface area is 122 Å². The molecule has 0 aliphatic carbocycles. The minimum atomic E-state index is -4.08. The van der Waals surface area contributed by atoms with Gasteiger partial charge in [0, 0.05) is 5.69 Å². The van der Waals surface area contributed by atoms with Gasteiger partial charge in [0.2, 0.25) is 0 Å². The van der Waals surface area contributed by atoms with Crippen LogP contribution in [0.25, 0.3) is 0 Å². The summed E-state index contributed by atoms with van der Waals surface area (Å²) in [6.07, 6.45) is 0. The van der Waals surface area contributed by atoms with Crippen molar-refractivity contribution in [3.63, 3.8) is 0 Å². The van der Waals surface area contributed by atoms with E-state index in [4.69, 9.17) is 10.3 Å². The molecule has 0 bridgehead atoms. The number of nitrogens with two attached hydrogens (primary N) is 1. The summed E-state index contributed by atoms with van der Waals surface area (Å²) in [5.74, 6) is 0. The second-order valence-corrected chi connectivity index (χ2v) is 6.57. The van der Waals surface area contributed by atoms with Gasteiger partial charge in [0.25, 0.3) is 10.1 Å². The predicted molar refractivity (Wildman–Crippen MR) is 57.1 cm³/mol. The topological polar surface area (TPSA) is 97.5 Å². The molecule has 0 aliphatic rings. The maximum Gasteiger partial charge on any atom is 0.294 e. The molecule has 0 amide bonds. The number of anilines is 1. The average molecular weight is 255 g/mol. The summed E-state index contributed by atoms with van der Waals surface area (Å²) >= 11 is 0.424. The number of hydrogen-bond donors (Lipinski definition) is 2. The Bertz CT molecular complexity index is 422. The monoisotopic (exact) mass is 255 g/mol. The van der Waals surface area contributed by atoms with E-state index in [-0.39, 0.29) is 4.90 Å². The van der Waals surface area contributed by atoms with Crippen LogP contribution in [0.1, 0.15) is 6.92 Å².